The largest absolute Gasteiger partial charge is 0.486 e. The minimum Gasteiger partial charge on any atom is -0.486 e. The highest BCUT2D eigenvalue weighted by Gasteiger charge is 2.21. The summed E-state index contributed by atoms with van der Waals surface area (Å²) in [4.78, 5) is 28.3. The Labute approximate surface area is 161 Å². The summed E-state index contributed by atoms with van der Waals surface area (Å²) < 4.78 is 7.67. The molecule has 0 atom stereocenters. The van der Waals surface area contributed by atoms with Gasteiger partial charge < -0.3 is 9.30 Å². The highest BCUT2D eigenvalue weighted by atomic mass is 32.1. The first-order valence-electron chi connectivity index (χ1n) is 8.87. The van der Waals surface area contributed by atoms with Crippen LogP contribution in [0.1, 0.15) is 28.1 Å². The molecule has 0 amide bonds. The fourth-order valence-corrected chi connectivity index (χ4v) is 4.01. The number of nitrogens with zero attached hydrogens (tertiary/aromatic N) is 2. The van der Waals surface area contributed by atoms with Gasteiger partial charge in [-0.3, -0.25) is 9.59 Å². The lowest BCUT2D eigenvalue weighted by Crippen LogP contribution is -2.18. The molecule has 1 aromatic carbocycles. The average Bonchev–Trinajstić information content (AvgIpc) is 3.17. The Morgan fingerprint density at radius 1 is 1.19 bits per heavy atom. The summed E-state index contributed by atoms with van der Waals surface area (Å²) in [6, 6.07) is 6.00. The zero-order valence-electron chi connectivity index (χ0n) is 15.3. The van der Waals surface area contributed by atoms with Crippen LogP contribution in [0, 0.1) is 6.92 Å². The number of carbonyl (C=O) groups excluding carboxylic acids is 1. The first-order chi connectivity index (χ1) is 13.0. The normalized spacial score (nSPS) is 13.5. The molecule has 2 aromatic heterocycles. The summed E-state index contributed by atoms with van der Waals surface area (Å²) in [7, 11) is 1.76. The highest BCUT2D eigenvalue weighted by molar-refractivity contribution is 7.09. The monoisotopic (exact) mass is 380 g/mol. The lowest BCUT2D eigenvalue weighted by Gasteiger charge is -2.21. The third-order valence-corrected chi connectivity index (χ3v) is 5.63. The van der Waals surface area contributed by atoms with E-state index in [-0.39, 0.29) is 11.3 Å². The first-order valence-corrected chi connectivity index (χ1v) is 9.75. The molecule has 1 aliphatic rings. The molecule has 0 spiro atoms. The molecule has 0 bridgehead atoms. The molecule has 6 heteroatoms. The van der Waals surface area contributed by atoms with Crippen molar-refractivity contribution in [3.8, 4) is 16.9 Å². The number of pyridine rings is 1. The maximum Gasteiger partial charge on any atom is 0.253 e. The fraction of sp³-hybridized carbons (Fsp3) is 0.286. The van der Waals surface area contributed by atoms with E-state index in [1.807, 2.05) is 30.6 Å². The van der Waals surface area contributed by atoms with Crippen LogP contribution in [0.4, 0.5) is 0 Å². The summed E-state index contributed by atoms with van der Waals surface area (Å²) in [5.74, 6) is 0.976. The van der Waals surface area contributed by atoms with Crippen LogP contribution < -0.4 is 10.3 Å². The van der Waals surface area contributed by atoms with Crippen LogP contribution in [0.25, 0.3) is 11.1 Å². The lowest BCUT2D eigenvalue weighted by molar-refractivity contribution is -0.118. The van der Waals surface area contributed by atoms with Crippen LogP contribution in [-0.4, -0.2) is 15.3 Å². The van der Waals surface area contributed by atoms with E-state index >= 15 is 0 Å². The first kappa shape index (κ1) is 17.7. The van der Waals surface area contributed by atoms with Gasteiger partial charge in [0.05, 0.1) is 0 Å². The molecule has 27 heavy (non-hydrogen) atoms. The topological polar surface area (TPSA) is 61.2 Å². The van der Waals surface area contributed by atoms with Gasteiger partial charge in [-0.05, 0) is 42.2 Å². The summed E-state index contributed by atoms with van der Waals surface area (Å²) in [6.07, 6.45) is 5.30. The molecule has 5 nitrogen and oxygen atoms in total. The predicted octanol–water partition coefficient (Wildman–Crippen LogP) is 3.45. The van der Waals surface area contributed by atoms with Gasteiger partial charge in [-0.1, -0.05) is 6.07 Å². The van der Waals surface area contributed by atoms with Crippen molar-refractivity contribution >= 4 is 17.1 Å². The molecule has 0 aliphatic heterocycles. The van der Waals surface area contributed by atoms with Gasteiger partial charge in [-0.25, -0.2) is 4.98 Å². The molecular formula is C21H20N2O3S. The number of ketones is 1. The second kappa shape index (κ2) is 7.12. The predicted molar refractivity (Wildman–Crippen MR) is 105 cm³/mol. The van der Waals surface area contributed by atoms with Crippen molar-refractivity contribution in [1.82, 2.24) is 9.55 Å². The molecule has 0 radical (unpaired) electrons. The summed E-state index contributed by atoms with van der Waals surface area (Å²) in [6.45, 7) is 2.21. The number of Topliss-reactive ketones (excluding diaryl/α,β-unsaturated/α-hetero) is 1. The van der Waals surface area contributed by atoms with Crippen molar-refractivity contribution in [2.24, 2.45) is 7.05 Å². The molecule has 0 saturated carbocycles. The minimum absolute atomic E-state index is 0.00236. The Morgan fingerprint density at radius 3 is 2.78 bits per heavy atom. The molecule has 4 rings (SSSR count). The smallest absolute Gasteiger partial charge is 0.253 e. The van der Waals surface area contributed by atoms with E-state index < -0.39 is 0 Å². The summed E-state index contributed by atoms with van der Waals surface area (Å²) in [5, 5.41) is 2.82. The number of aromatic nitrogens is 2. The second-order valence-electron chi connectivity index (χ2n) is 6.87. The Hall–Kier alpha value is -2.73. The van der Waals surface area contributed by atoms with Crippen molar-refractivity contribution in [3.05, 3.63) is 68.0 Å². The molecule has 1 aliphatic carbocycles. The van der Waals surface area contributed by atoms with E-state index in [1.165, 1.54) is 0 Å². The van der Waals surface area contributed by atoms with Crippen LogP contribution in [-0.2, 0) is 31.3 Å². The average molecular weight is 380 g/mol. The van der Waals surface area contributed by atoms with Crippen molar-refractivity contribution in [2.75, 3.05) is 0 Å². The van der Waals surface area contributed by atoms with Gasteiger partial charge in [0.15, 0.2) is 0 Å². The van der Waals surface area contributed by atoms with Crippen molar-refractivity contribution in [2.45, 2.75) is 32.8 Å². The number of ether oxygens (including phenoxy) is 1. The van der Waals surface area contributed by atoms with Gasteiger partial charge in [0.2, 0.25) is 0 Å². The molecular weight excluding hydrogens is 360 g/mol. The van der Waals surface area contributed by atoms with Crippen LogP contribution in [0.15, 0.2) is 40.8 Å². The van der Waals surface area contributed by atoms with Crippen LogP contribution in [0.3, 0.4) is 0 Å². The number of fused-ring (bicyclic) bond motifs is 1. The van der Waals surface area contributed by atoms with Gasteiger partial charge in [0, 0.05) is 48.8 Å². The maximum atomic E-state index is 12.0. The van der Waals surface area contributed by atoms with Crippen LogP contribution in [0.5, 0.6) is 5.75 Å². The van der Waals surface area contributed by atoms with Crippen LogP contribution in [0.2, 0.25) is 0 Å². The Morgan fingerprint density at radius 2 is 2.04 bits per heavy atom. The zero-order valence-corrected chi connectivity index (χ0v) is 16.1. The number of thiazole rings is 1. The second-order valence-corrected chi connectivity index (χ2v) is 7.85. The maximum absolute atomic E-state index is 12.0. The molecule has 2 heterocycles. The number of hydrogen-bond donors (Lipinski definition) is 0. The van der Waals surface area contributed by atoms with Crippen LogP contribution >= 0.6 is 11.3 Å². The fourth-order valence-electron chi connectivity index (χ4n) is 3.48. The third kappa shape index (κ3) is 3.57. The van der Waals surface area contributed by atoms with Crippen molar-refractivity contribution in [3.63, 3.8) is 0 Å². The van der Waals surface area contributed by atoms with E-state index in [2.05, 4.69) is 11.1 Å². The van der Waals surface area contributed by atoms with Crippen molar-refractivity contribution < 1.29 is 9.53 Å². The van der Waals surface area contributed by atoms with Gasteiger partial charge >= 0.3 is 0 Å². The van der Waals surface area contributed by atoms with Gasteiger partial charge in [-0.2, -0.15) is 0 Å². The Bertz CT molecular complexity index is 1040. The summed E-state index contributed by atoms with van der Waals surface area (Å²) >= 11 is 1.55. The molecule has 3 aromatic rings. The minimum atomic E-state index is 0.00236. The number of aryl methyl sites for hydroxylation is 3. The Kier molecular flexibility index (Phi) is 4.66. The van der Waals surface area contributed by atoms with Gasteiger partial charge in [0.25, 0.3) is 5.56 Å². The SMILES string of the molecule is Cc1cc(-c2cc3c(c(OCc4nccs4)c2)CC(=O)CC3)cn(C)c1=O. The highest BCUT2D eigenvalue weighted by Crippen LogP contribution is 2.34. The number of hydrogen-bond acceptors (Lipinski definition) is 5. The molecule has 0 unspecified atom stereocenters. The van der Waals surface area contributed by atoms with E-state index in [0.29, 0.717) is 25.0 Å². The van der Waals surface area contributed by atoms with Gasteiger partial charge in [-0.15, -0.1) is 11.3 Å². The number of carbonyl (C=O) groups is 1. The molecule has 138 valence electrons. The Balaban J connectivity index is 1.78. The molecule has 0 fully saturated rings. The quantitative estimate of drug-likeness (QED) is 0.695. The van der Waals surface area contributed by atoms with E-state index in [1.54, 1.807) is 29.1 Å². The number of rotatable bonds is 4. The van der Waals surface area contributed by atoms with Crippen molar-refractivity contribution in [1.29, 1.82) is 0 Å². The zero-order chi connectivity index (χ0) is 19.0. The summed E-state index contributed by atoms with van der Waals surface area (Å²) in [5.41, 5.74) is 4.79. The number of benzene rings is 1. The molecule has 0 saturated heterocycles. The van der Waals surface area contributed by atoms with E-state index in [4.69, 9.17) is 4.74 Å². The van der Waals surface area contributed by atoms with E-state index in [0.717, 1.165) is 39.4 Å². The lowest BCUT2D eigenvalue weighted by atomic mass is 9.87. The standard InChI is InChI=1S/C21H20N2O3S/c1-13-7-16(11-23(2)21(13)25)15-8-14-3-4-17(24)10-18(14)19(9-15)26-12-20-22-5-6-27-20/h5-9,11H,3-4,10,12H2,1-2H3. The van der Waals surface area contributed by atoms with Gasteiger partial charge in [0.1, 0.15) is 23.1 Å². The molecule has 0 N–H and O–H groups in total. The third-order valence-electron chi connectivity index (χ3n) is 4.88. The van der Waals surface area contributed by atoms with E-state index in [9.17, 15) is 9.59 Å².